The largest absolute Gasteiger partial charge is 0.451 e. The van der Waals surface area contributed by atoms with Crippen LogP contribution in [0.5, 0.6) is 0 Å². The maximum Gasteiger partial charge on any atom is 0.350 e. The van der Waals surface area contributed by atoms with Crippen LogP contribution < -0.4 is 5.32 Å². The minimum absolute atomic E-state index is 0.375. The summed E-state index contributed by atoms with van der Waals surface area (Å²) >= 11 is 7.16. The fraction of sp³-hybridized carbons (Fsp3) is 0.214. The highest BCUT2D eigenvalue weighted by Crippen LogP contribution is 2.20. The molecule has 2 rings (SSSR count). The highest BCUT2D eigenvalue weighted by molar-refractivity contribution is 7.13. The SMILES string of the molecule is Cc1nc(C)c(C(=O)OCC(=O)Nc2ccccc2Cl)s1. The molecule has 0 saturated heterocycles. The fourth-order valence-electron chi connectivity index (χ4n) is 1.67. The van der Waals surface area contributed by atoms with Crippen molar-refractivity contribution < 1.29 is 14.3 Å². The molecule has 1 aromatic carbocycles. The van der Waals surface area contributed by atoms with Crippen LogP contribution in [0.15, 0.2) is 24.3 Å². The highest BCUT2D eigenvalue weighted by atomic mass is 35.5. The summed E-state index contributed by atoms with van der Waals surface area (Å²) in [5.74, 6) is -0.997. The maximum atomic E-state index is 11.8. The molecule has 1 amide bonds. The van der Waals surface area contributed by atoms with Crippen LogP contribution >= 0.6 is 22.9 Å². The molecule has 0 aliphatic heterocycles. The first-order valence-corrected chi connectivity index (χ1v) is 7.32. The Morgan fingerprint density at radius 1 is 1.33 bits per heavy atom. The second-order valence-electron chi connectivity index (χ2n) is 4.25. The third-order valence-corrected chi connectivity index (χ3v) is 3.95. The van der Waals surface area contributed by atoms with Crippen LogP contribution in [0.2, 0.25) is 5.02 Å². The van der Waals surface area contributed by atoms with Crippen molar-refractivity contribution in [1.29, 1.82) is 0 Å². The number of halogens is 1. The van der Waals surface area contributed by atoms with Gasteiger partial charge in [-0.1, -0.05) is 23.7 Å². The third-order valence-electron chi connectivity index (χ3n) is 2.57. The number of ether oxygens (including phenoxy) is 1. The lowest BCUT2D eigenvalue weighted by Crippen LogP contribution is -2.21. The van der Waals surface area contributed by atoms with Crippen LogP contribution in [0.3, 0.4) is 0 Å². The molecule has 7 heteroatoms. The Morgan fingerprint density at radius 3 is 2.67 bits per heavy atom. The number of carbonyl (C=O) groups is 2. The van der Waals surface area contributed by atoms with E-state index < -0.39 is 11.9 Å². The van der Waals surface area contributed by atoms with Crippen molar-refractivity contribution in [2.24, 2.45) is 0 Å². The number of carbonyl (C=O) groups excluding carboxylic acids is 2. The summed E-state index contributed by atoms with van der Waals surface area (Å²) in [6.45, 7) is 3.16. The summed E-state index contributed by atoms with van der Waals surface area (Å²) in [5.41, 5.74) is 1.08. The molecule has 2 aromatic rings. The number of thiazole rings is 1. The Morgan fingerprint density at radius 2 is 2.05 bits per heavy atom. The molecule has 1 N–H and O–H groups in total. The second-order valence-corrected chi connectivity index (χ2v) is 5.86. The fourth-order valence-corrected chi connectivity index (χ4v) is 2.66. The van der Waals surface area contributed by atoms with E-state index in [4.69, 9.17) is 16.3 Å². The van der Waals surface area contributed by atoms with Gasteiger partial charge in [0, 0.05) is 0 Å². The molecular weight excluding hydrogens is 312 g/mol. The first kappa shape index (κ1) is 15.5. The summed E-state index contributed by atoms with van der Waals surface area (Å²) in [5, 5.41) is 3.78. The number of nitrogens with one attached hydrogen (secondary N) is 1. The first-order valence-electron chi connectivity index (χ1n) is 6.13. The van der Waals surface area contributed by atoms with Gasteiger partial charge in [0.15, 0.2) is 6.61 Å². The molecule has 0 saturated carbocycles. The Labute approximate surface area is 130 Å². The van der Waals surface area contributed by atoms with Crippen molar-refractivity contribution in [3.05, 3.63) is 44.9 Å². The van der Waals surface area contributed by atoms with Crippen LogP contribution in [-0.2, 0) is 9.53 Å². The van der Waals surface area contributed by atoms with Gasteiger partial charge in [-0.15, -0.1) is 11.3 Å². The van der Waals surface area contributed by atoms with Crippen LogP contribution in [0.4, 0.5) is 5.69 Å². The number of amides is 1. The Bertz CT molecular complexity index is 685. The van der Waals surface area contributed by atoms with Gasteiger partial charge in [-0.05, 0) is 26.0 Å². The average Bonchev–Trinajstić information content (AvgIpc) is 2.78. The number of aromatic nitrogens is 1. The van der Waals surface area contributed by atoms with E-state index in [0.717, 1.165) is 5.01 Å². The molecule has 0 aliphatic rings. The van der Waals surface area contributed by atoms with Gasteiger partial charge >= 0.3 is 5.97 Å². The van der Waals surface area contributed by atoms with Crippen LogP contribution in [-0.4, -0.2) is 23.5 Å². The van der Waals surface area contributed by atoms with Gasteiger partial charge in [0.05, 0.1) is 21.4 Å². The minimum Gasteiger partial charge on any atom is -0.451 e. The Balaban J connectivity index is 1.91. The third kappa shape index (κ3) is 4.03. The topological polar surface area (TPSA) is 68.3 Å². The molecule has 0 spiro atoms. The number of rotatable bonds is 4. The van der Waals surface area contributed by atoms with Crippen LogP contribution in [0.25, 0.3) is 0 Å². The minimum atomic E-state index is -0.549. The normalized spacial score (nSPS) is 10.2. The molecule has 0 radical (unpaired) electrons. The highest BCUT2D eigenvalue weighted by Gasteiger charge is 2.16. The summed E-state index contributed by atoms with van der Waals surface area (Å²) < 4.78 is 4.97. The predicted molar refractivity (Wildman–Crippen MR) is 82.0 cm³/mol. The number of anilines is 1. The van der Waals surface area contributed by atoms with Crippen molar-refractivity contribution in [3.63, 3.8) is 0 Å². The van der Waals surface area contributed by atoms with E-state index in [1.165, 1.54) is 11.3 Å². The van der Waals surface area contributed by atoms with Gasteiger partial charge in [0.2, 0.25) is 0 Å². The van der Waals surface area contributed by atoms with E-state index in [1.807, 2.05) is 0 Å². The first-order chi connectivity index (χ1) is 9.97. The van der Waals surface area contributed by atoms with Gasteiger partial charge in [-0.25, -0.2) is 9.78 Å². The zero-order chi connectivity index (χ0) is 15.4. The lowest BCUT2D eigenvalue weighted by molar-refractivity contribution is -0.119. The molecule has 5 nitrogen and oxygen atoms in total. The standard InChI is InChI=1S/C14H13ClN2O3S/c1-8-13(21-9(2)16-8)14(19)20-7-12(18)17-11-6-4-3-5-10(11)15/h3-6H,7H2,1-2H3,(H,17,18). The Hall–Kier alpha value is -1.92. The molecule has 0 fully saturated rings. The Kier molecular flexibility index (Phi) is 4.93. The predicted octanol–water partition coefficient (Wildman–Crippen LogP) is 3.21. The number of hydrogen-bond donors (Lipinski definition) is 1. The number of nitrogens with zero attached hydrogens (tertiary/aromatic N) is 1. The molecule has 1 aromatic heterocycles. The van der Waals surface area contributed by atoms with E-state index in [9.17, 15) is 9.59 Å². The molecule has 0 atom stereocenters. The van der Waals surface area contributed by atoms with Crippen molar-refractivity contribution in [3.8, 4) is 0 Å². The van der Waals surface area contributed by atoms with Gasteiger partial charge in [0.25, 0.3) is 5.91 Å². The van der Waals surface area contributed by atoms with Crippen LogP contribution in [0, 0.1) is 13.8 Å². The molecule has 0 bridgehead atoms. The molecule has 0 unspecified atom stereocenters. The van der Waals surface area contributed by atoms with Crippen molar-refractivity contribution in [1.82, 2.24) is 4.98 Å². The average molecular weight is 325 g/mol. The molecule has 1 heterocycles. The molecule has 0 aliphatic carbocycles. The second kappa shape index (κ2) is 6.69. The number of hydrogen-bond acceptors (Lipinski definition) is 5. The van der Waals surface area contributed by atoms with E-state index >= 15 is 0 Å². The zero-order valence-electron chi connectivity index (χ0n) is 11.5. The maximum absolute atomic E-state index is 11.8. The smallest absolute Gasteiger partial charge is 0.350 e. The van der Waals surface area contributed by atoms with Crippen molar-refractivity contribution in [2.45, 2.75) is 13.8 Å². The van der Waals surface area contributed by atoms with E-state index in [-0.39, 0.29) is 6.61 Å². The summed E-state index contributed by atoms with van der Waals surface area (Å²) in [7, 11) is 0. The monoisotopic (exact) mass is 324 g/mol. The van der Waals surface area contributed by atoms with Crippen molar-refractivity contribution >= 4 is 40.5 Å². The molecule has 21 heavy (non-hydrogen) atoms. The van der Waals surface area contributed by atoms with Crippen LogP contribution in [0.1, 0.15) is 20.4 Å². The zero-order valence-corrected chi connectivity index (χ0v) is 13.0. The van der Waals surface area contributed by atoms with Gasteiger partial charge in [-0.2, -0.15) is 0 Å². The number of aryl methyl sites for hydroxylation is 2. The number of benzene rings is 1. The number of para-hydroxylation sites is 1. The van der Waals surface area contributed by atoms with Gasteiger partial charge < -0.3 is 10.1 Å². The summed E-state index contributed by atoms with van der Waals surface area (Å²) in [6.07, 6.45) is 0. The van der Waals surface area contributed by atoms with Gasteiger partial charge in [-0.3, -0.25) is 4.79 Å². The van der Waals surface area contributed by atoms with Crippen molar-refractivity contribution in [2.75, 3.05) is 11.9 Å². The van der Waals surface area contributed by atoms with E-state index in [0.29, 0.717) is 21.3 Å². The molecule has 110 valence electrons. The number of esters is 1. The molecular formula is C14H13ClN2O3S. The quantitative estimate of drug-likeness (QED) is 0.877. The van der Waals surface area contributed by atoms with Gasteiger partial charge in [0.1, 0.15) is 4.88 Å². The summed E-state index contributed by atoms with van der Waals surface area (Å²) in [6, 6.07) is 6.83. The lowest BCUT2D eigenvalue weighted by atomic mass is 10.3. The van der Waals surface area contributed by atoms with E-state index in [1.54, 1.807) is 38.1 Å². The van der Waals surface area contributed by atoms with E-state index in [2.05, 4.69) is 10.3 Å². The summed E-state index contributed by atoms with van der Waals surface area (Å²) in [4.78, 5) is 28.1. The lowest BCUT2D eigenvalue weighted by Gasteiger charge is -2.07.